The number of hydrogen-bond acceptors (Lipinski definition) is 9. The smallest absolute Gasteiger partial charge is 0.314 e. The molecule has 0 atom stereocenters. The SMILES string of the molecule is COc1ccc([N+](=O)[O-])c(ONc2ccc3c(c2)-c2c(c(C(N)=O)nn2-c2ccc4c(c2)OCO4)CC3)c1. The van der Waals surface area contributed by atoms with Crippen molar-refractivity contribution in [2.75, 3.05) is 19.4 Å². The first-order chi connectivity index (χ1) is 18.4. The molecule has 2 aliphatic rings. The zero-order chi connectivity index (χ0) is 26.4. The Hall–Kier alpha value is -5.26. The number of nitrogens with two attached hydrogens (primary N) is 1. The molecule has 0 radical (unpaired) electrons. The highest BCUT2D eigenvalue weighted by Crippen LogP contribution is 2.41. The fraction of sp³-hybridized carbons (Fsp3) is 0.154. The maximum atomic E-state index is 12.3. The molecule has 0 saturated heterocycles. The fourth-order valence-corrected chi connectivity index (χ4v) is 4.67. The first kappa shape index (κ1) is 23.2. The van der Waals surface area contributed by atoms with Gasteiger partial charge in [-0.15, -0.1) is 0 Å². The van der Waals surface area contributed by atoms with Gasteiger partial charge in [0.2, 0.25) is 12.5 Å². The van der Waals surface area contributed by atoms with Crippen molar-refractivity contribution in [3.8, 4) is 39.9 Å². The topological polar surface area (TPSA) is 153 Å². The van der Waals surface area contributed by atoms with Gasteiger partial charge < -0.3 is 24.8 Å². The number of carbonyl (C=O) groups excluding carboxylic acids is 1. The molecular formula is C26H21N5O7. The Kier molecular flexibility index (Phi) is 5.48. The number of aromatic nitrogens is 2. The van der Waals surface area contributed by atoms with E-state index in [0.717, 1.165) is 22.4 Å². The van der Waals surface area contributed by atoms with Gasteiger partial charge in [0.1, 0.15) is 5.75 Å². The lowest BCUT2D eigenvalue weighted by Crippen LogP contribution is -2.15. The van der Waals surface area contributed by atoms with Crippen molar-refractivity contribution < 1.29 is 28.8 Å². The van der Waals surface area contributed by atoms with Crippen molar-refractivity contribution in [2.45, 2.75) is 12.8 Å². The average Bonchev–Trinajstić information content (AvgIpc) is 3.56. The van der Waals surface area contributed by atoms with Crippen molar-refractivity contribution in [3.05, 3.63) is 81.5 Å². The molecule has 1 aliphatic carbocycles. The first-order valence-electron chi connectivity index (χ1n) is 11.6. The normalized spacial score (nSPS) is 12.9. The van der Waals surface area contributed by atoms with Crippen LogP contribution in [-0.4, -0.2) is 34.5 Å². The summed E-state index contributed by atoms with van der Waals surface area (Å²) in [6.45, 7) is 0.131. The highest BCUT2D eigenvalue weighted by molar-refractivity contribution is 5.95. The highest BCUT2D eigenvalue weighted by atomic mass is 16.7. The van der Waals surface area contributed by atoms with Gasteiger partial charge in [-0.05, 0) is 48.7 Å². The zero-order valence-corrected chi connectivity index (χ0v) is 20.1. The van der Waals surface area contributed by atoms with Crippen LogP contribution in [0.3, 0.4) is 0 Å². The van der Waals surface area contributed by atoms with E-state index in [1.807, 2.05) is 24.3 Å². The quantitative estimate of drug-likeness (QED) is 0.276. The molecule has 0 saturated carbocycles. The van der Waals surface area contributed by atoms with Crippen molar-refractivity contribution in [1.29, 1.82) is 0 Å². The van der Waals surface area contributed by atoms with E-state index in [2.05, 4.69) is 10.6 Å². The van der Waals surface area contributed by atoms with E-state index < -0.39 is 10.8 Å². The van der Waals surface area contributed by atoms with Crippen LogP contribution in [0.2, 0.25) is 0 Å². The number of anilines is 1. The number of benzene rings is 3. The predicted octanol–water partition coefficient (Wildman–Crippen LogP) is 3.79. The summed E-state index contributed by atoms with van der Waals surface area (Å²) in [4.78, 5) is 28.8. The molecule has 6 rings (SSSR count). The standard InChI is InChI=1S/C26H21N5O7/c1-35-17-6-8-20(31(33)34)22(12-17)38-29-15-4-2-14-3-7-18-24(26(27)32)28-30(25(18)19(14)10-15)16-5-9-21-23(11-16)37-13-36-21/h2,4-6,8-12,29H,3,7,13H2,1H3,(H2,27,32). The molecule has 1 aromatic heterocycles. The van der Waals surface area contributed by atoms with Crippen molar-refractivity contribution in [2.24, 2.45) is 5.73 Å². The van der Waals surface area contributed by atoms with Gasteiger partial charge >= 0.3 is 5.69 Å². The Bertz CT molecular complexity index is 1610. The third kappa shape index (κ3) is 3.88. The van der Waals surface area contributed by atoms with Crippen LogP contribution in [0.1, 0.15) is 21.6 Å². The second-order valence-corrected chi connectivity index (χ2v) is 8.66. The monoisotopic (exact) mass is 515 g/mol. The largest absolute Gasteiger partial charge is 0.497 e. The van der Waals surface area contributed by atoms with Crippen LogP contribution in [0.25, 0.3) is 16.9 Å². The summed E-state index contributed by atoms with van der Waals surface area (Å²) >= 11 is 0. The Morgan fingerprint density at radius 1 is 1.11 bits per heavy atom. The summed E-state index contributed by atoms with van der Waals surface area (Å²) in [6, 6.07) is 15.2. The fourth-order valence-electron chi connectivity index (χ4n) is 4.67. The molecule has 3 aromatic carbocycles. The number of rotatable bonds is 7. The van der Waals surface area contributed by atoms with E-state index >= 15 is 0 Å². The van der Waals surface area contributed by atoms with Gasteiger partial charge in [0, 0.05) is 29.3 Å². The minimum absolute atomic E-state index is 0.00539. The molecule has 0 unspecified atom stereocenters. The Morgan fingerprint density at radius 3 is 2.74 bits per heavy atom. The number of hydrogen-bond donors (Lipinski definition) is 2. The Labute approximate surface area is 215 Å². The highest BCUT2D eigenvalue weighted by Gasteiger charge is 2.29. The summed E-state index contributed by atoms with van der Waals surface area (Å²) in [7, 11) is 1.46. The Morgan fingerprint density at radius 2 is 1.95 bits per heavy atom. The predicted molar refractivity (Wildman–Crippen MR) is 135 cm³/mol. The van der Waals surface area contributed by atoms with E-state index in [9.17, 15) is 14.9 Å². The minimum Gasteiger partial charge on any atom is -0.497 e. The van der Waals surface area contributed by atoms with Gasteiger partial charge in [0.05, 0.1) is 29.1 Å². The maximum Gasteiger partial charge on any atom is 0.314 e. The summed E-state index contributed by atoms with van der Waals surface area (Å²) in [5.41, 5.74) is 13.0. The lowest BCUT2D eigenvalue weighted by atomic mass is 9.88. The number of primary amides is 1. The van der Waals surface area contributed by atoms with Gasteiger partial charge in [-0.2, -0.15) is 5.10 Å². The molecule has 12 nitrogen and oxygen atoms in total. The van der Waals surface area contributed by atoms with Crippen molar-refractivity contribution >= 4 is 17.3 Å². The number of nitro benzene ring substituents is 1. The molecule has 192 valence electrons. The molecule has 0 fully saturated rings. The summed E-state index contributed by atoms with van der Waals surface area (Å²) in [5, 5.41) is 16.0. The van der Waals surface area contributed by atoms with Crippen LogP contribution in [0.15, 0.2) is 54.6 Å². The lowest BCUT2D eigenvalue weighted by Gasteiger charge is -2.20. The van der Waals surface area contributed by atoms with Crippen LogP contribution >= 0.6 is 0 Å². The van der Waals surface area contributed by atoms with Gasteiger partial charge in [0.15, 0.2) is 17.2 Å². The number of aryl methyl sites for hydroxylation is 1. The zero-order valence-electron chi connectivity index (χ0n) is 20.1. The van der Waals surface area contributed by atoms with E-state index in [4.69, 9.17) is 24.8 Å². The van der Waals surface area contributed by atoms with E-state index in [-0.39, 0.29) is 23.9 Å². The lowest BCUT2D eigenvalue weighted by molar-refractivity contribution is -0.385. The van der Waals surface area contributed by atoms with Crippen molar-refractivity contribution in [1.82, 2.24) is 9.78 Å². The number of methoxy groups -OCH3 is 1. The molecule has 3 N–H and O–H groups in total. The maximum absolute atomic E-state index is 12.3. The number of nitrogens with zero attached hydrogens (tertiary/aromatic N) is 3. The molecule has 0 spiro atoms. The summed E-state index contributed by atoms with van der Waals surface area (Å²) in [6.07, 6.45) is 1.27. The number of amides is 1. The van der Waals surface area contributed by atoms with Crippen LogP contribution in [0.4, 0.5) is 11.4 Å². The van der Waals surface area contributed by atoms with Crippen LogP contribution in [-0.2, 0) is 12.8 Å². The minimum atomic E-state index is -0.618. The third-order valence-electron chi connectivity index (χ3n) is 6.47. The first-order valence-corrected chi connectivity index (χ1v) is 11.6. The molecule has 2 heterocycles. The molecular weight excluding hydrogens is 494 g/mol. The second kappa shape index (κ2) is 9.00. The number of fused-ring (bicyclic) bond motifs is 4. The van der Waals surface area contributed by atoms with Gasteiger partial charge in [-0.25, -0.2) is 10.2 Å². The van der Waals surface area contributed by atoms with E-state index in [0.29, 0.717) is 41.5 Å². The van der Waals surface area contributed by atoms with E-state index in [1.165, 1.54) is 25.3 Å². The number of nitrogens with one attached hydrogen (secondary N) is 1. The average molecular weight is 515 g/mol. The van der Waals surface area contributed by atoms with Crippen molar-refractivity contribution in [3.63, 3.8) is 0 Å². The molecule has 0 bridgehead atoms. The summed E-state index contributed by atoms with van der Waals surface area (Å²) in [5.74, 6) is 0.989. The molecule has 4 aromatic rings. The molecule has 12 heteroatoms. The molecule has 1 amide bonds. The van der Waals surface area contributed by atoms with E-state index in [1.54, 1.807) is 16.8 Å². The number of nitro groups is 1. The Balaban J connectivity index is 1.40. The van der Waals surface area contributed by atoms with Gasteiger partial charge in [0.25, 0.3) is 5.91 Å². The second-order valence-electron chi connectivity index (χ2n) is 8.66. The number of ether oxygens (including phenoxy) is 3. The van der Waals surface area contributed by atoms with Crippen LogP contribution in [0, 0.1) is 10.1 Å². The molecule has 1 aliphatic heterocycles. The molecule has 38 heavy (non-hydrogen) atoms. The van der Waals surface area contributed by atoms with Crippen LogP contribution < -0.4 is 30.3 Å². The van der Waals surface area contributed by atoms with Gasteiger partial charge in [-0.1, -0.05) is 6.07 Å². The third-order valence-corrected chi connectivity index (χ3v) is 6.47. The number of carbonyl (C=O) groups is 1. The van der Waals surface area contributed by atoms with Gasteiger partial charge in [-0.3, -0.25) is 14.9 Å². The summed E-state index contributed by atoms with van der Waals surface area (Å²) < 4.78 is 17.8. The van der Waals surface area contributed by atoms with Crippen LogP contribution in [0.5, 0.6) is 23.0 Å².